The molecule has 0 fully saturated rings. The molecule has 0 spiro atoms. The number of aromatic nitrogens is 4. The maximum Gasteiger partial charge on any atom is 0.240 e. The van der Waals surface area contributed by atoms with E-state index in [1.165, 1.54) is 0 Å². The Kier molecular flexibility index (Phi) is 2.28. The van der Waals surface area contributed by atoms with Crippen LogP contribution in [0.5, 0.6) is 0 Å². The van der Waals surface area contributed by atoms with Crippen molar-refractivity contribution in [1.82, 2.24) is 25.0 Å². The van der Waals surface area contributed by atoms with Crippen molar-refractivity contribution in [3.05, 3.63) is 18.4 Å². The summed E-state index contributed by atoms with van der Waals surface area (Å²) in [6.07, 6.45) is 3.54. The van der Waals surface area contributed by atoms with E-state index in [0.29, 0.717) is 18.3 Å². The van der Waals surface area contributed by atoms with Gasteiger partial charge in [-0.3, -0.25) is 0 Å². The first-order valence-electron chi connectivity index (χ1n) is 4.25. The van der Waals surface area contributed by atoms with E-state index < -0.39 is 0 Å². The molecule has 0 saturated heterocycles. The van der Waals surface area contributed by atoms with E-state index in [9.17, 15) is 0 Å². The van der Waals surface area contributed by atoms with Gasteiger partial charge < -0.3 is 14.4 Å². The van der Waals surface area contributed by atoms with Crippen LogP contribution in [0.25, 0.3) is 11.5 Å². The lowest BCUT2D eigenvalue weighted by molar-refractivity contribution is 0.372. The lowest BCUT2D eigenvalue weighted by Gasteiger charge is -1.86. The van der Waals surface area contributed by atoms with Gasteiger partial charge in [-0.2, -0.15) is 4.98 Å². The van der Waals surface area contributed by atoms with Gasteiger partial charge >= 0.3 is 0 Å². The van der Waals surface area contributed by atoms with E-state index in [4.69, 9.17) is 4.52 Å². The van der Waals surface area contributed by atoms with E-state index in [2.05, 4.69) is 20.4 Å². The van der Waals surface area contributed by atoms with Crippen LogP contribution in [0.15, 0.2) is 17.0 Å². The van der Waals surface area contributed by atoms with E-state index in [-0.39, 0.29) is 0 Å². The van der Waals surface area contributed by atoms with Crippen LogP contribution < -0.4 is 5.32 Å². The Morgan fingerprint density at radius 2 is 2.43 bits per heavy atom. The first kappa shape index (κ1) is 8.89. The number of nitrogens with one attached hydrogen (secondary N) is 1. The van der Waals surface area contributed by atoms with Crippen LogP contribution in [0.4, 0.5) is 0 Å². The normalized spacial score (nSPS) is 10.7. The smallest absolute Gasteiger partial charge is 0.240 e. The molecule has 0 bridgehead atoms. The largest absolute Gasteiger partial charge is 0.340 e. The number of imidazole rings is 1. The zero-order chi connectivity index (χ0) is 9.97. The molecule has 2 heterocycles. The SMILES string of the molecule is CNCc1nc(-c2cn(C)cn2)no1. The summed E-state index contributed by atoms with van der Waals surface area (Å²) in [6, 6.07) is 0. The number of hydrogen-bond acceptors (Lipinski definition) is 5. The Hall–Kier alpha value is -1.69. The van der Waals surface area contributed by atoms with Crippen LogP contribution in [0.3, 0.4) is 0 Å². The minimum Gasteiger partial charge on any atom is -0.340 e. The number of aryl methyl sites for hydroxylation is 1. The van der Waals surface area contributed by atoms with Gasteiger partial charge in [-0.05, 0) is 7.05 Å². The molecule has 6 nitrogen and oxygen atoms in total. The van der Waals surface area contributed by atoms with Crippen molar-refractivity contribution in [3.8, 4) is 11.5 Å². The zero-order valence-electron chi connectivity index (χ0n) is 8.06. The lowest BCUT2D eigenvalue weighted by Crippen LogP contribution is -2.04. The highest BCUT2D eigenvalue weighted by molar-refractivity contribution is 5.45. The Morgan fingerprint density at radius 3 is 3.07 bits per heavy atom. The summed E-state index contributed by atoms with van der Waals surface area (Å²) in [6.45, 7) is 0.569. The van der Waals surface area contributed by atoms with E-state index in [0.717, 1.165) is 5.69 Å². The summed E-state index contributed by atoms with van der Waals surface area (Å²) in [4.78, 5) is 8.28. The van der Waals surface area contributed by atoms with E-state index in [1.807, 2.05) is 24.9 Å². The number of rotatable bonds is 3. The molecule has 0 radical (unpaired) electrons. The number of hydrogen-bond donors (Lipinski definition) is 1. The van der Waals surface area contributed by atoms with Crippen molar-refractivity contribution in [3.63, 3.8) is 0 Å². The summed E-state index contributed by atoms with van der Waals surface area (Å²) in [5.74, 6) is 1.09. The average molecular weight is 193 g/mol. The molecular formula is C8H11N5O. The highest BCUT2D eigenvalue weighted by Gasteiger charge is 2.09. The second kappa shape index (κ2) is 3.59. The Labute approximate surface area is 81.0 Å². The first-order chi connectivity index (χ1) is 6.79. The van der Waals surface area contributed by atoms with Crippen LogP contribution in [-0.4, -0.2) is 26.7 Å². The number of nitrogens with zero attached hydrogens (tertiary/aromatic N) is 4. The van der Waals surface area contributed by atoms with Gasteiger partial charge in [-0.15, -0.1) is 0 Å². The zero-order valence-corrected chi connectivity index (χ0v) is 8.06. The van der Waals surface area contributed by atoms with Gasteiger partial charge in [-0.25, -0.2) is 4.98 Å². The van der Waals surface area contributed by atoms with Gasteiger partial charge in [0, 0.05) is 13.2 Å². The average Bonchev–Trinajstić information content (AvgIpc) is 2.74. The van der Waals surface area contributed by atoms with Gasteiger partial charge in [0.05, 0.1) is 12.9 Å². The highest BCUT2D eigenvalue weighted by Crippen LogP contribution is 2.11. The summed E-state index contributed by atoms with van der Waals surface area (Å²) < 4.78 is 6.83. The Morgan fingerprint density at radius 1 is 1.57 bits per heavy atom. The van der Waals surface area contributed by atoms with Crippen LogP contribution in [-0.2, 0) is 13.6 Å². The third-order valence-corrected chi connectivity index (χ3v) is 1.73. The molecule has 0 saturated carbocycles. The van der Waals surface area contributed by atoms with Crippen molar-refractivity contribution in [2.24, 2.45) is 7.05 Å². The molecule has 2 aromatic rings. The van der Waals surface area contributed by atoms with Crippen LogP contribution in [0, 0.1) is 0 Å². The maximum atomic E-state index is 5.00. The van der Waals surface area contributed by atoms with Crippen molar-refractivity contribution in [2.75, 3.05) is 7.05 Å². The first-order valence-corrected chi connectivity index (χ1v) is 4.25. The topological polar surface area (TPSA) is 68.8 Å². The van der Waals surface area contributed by atoms with Gasteiger partial charge in [-0.1, -0.05) is 5.16 Å². The Balaban J connectivity index is 2.24. The molecule has 14 heavy (non-hydrogen) atoms. The second-order valence-corrected chi connectivity index (χ2v) is 2.97. The van der Waals surface area contributed by atoms with Crippen molar-refractivity contribution < 1.29 is 4.52 Å². The third kappa shape index (κ3) is 1.64. The molecule has 0 aromatic carbocycles. The minimum absolute atomic E-state index is 0.524. The minimum atomic E-state index is 0.524. The summed E-state index contributed by atoms with van der Waals surface area (Å²) in [5, 5.41) is 6.75. The predicted octanol–water partition coefficient (Wildman–Crippen LogP) is 0.189. The van der Waals surface area contributed by atoms with Crippen molar-refractivity contribution in [1.29, 1.82) is 0 Å². The molecule has 2 aromatic heterocycles. The molecule has 0 amide bonds. The van der Waals surface area contributed by atoms with Crippen molar-refractivity contribution in [2.45, 2.75) is 6.54 Å². The summed E-state index contributed by atoms with van der Waals surface area (Å²) in [5.41, 5.74) is 0.721. The van der Waals surface area contributed by atoms with E-state index in [1.54, 1.807) is 6.33 Å². The fourth-order valence-electron chi connectivity index (χ4n) is 1.11. The molecule has 0 unspecified atom stereocenters. The fourth-order valence-corrected chi connectivity index (χ4v) is 1.11. The van der Waals surface area contributed by atoms with Crippen LogP contribution in [0.1, 0.15) is 5.89 Å². The maximum absolute atomic E-state index is 5.00. The molecule has 6 heteroatoms. The van der Waals surface area contributed by atoms with Gasteiger partial charge in [0.15, 0.2) is 0 Å². The molecule has 2 rings (SSSR count). The summed E-state index contributed by atoms with van der Waals surface area (Å²) >= 11 is 0. The van der Waals surface area contributed by atoms with Gasteiger partial charge in [0.25, 0.3) is 0 Å². The summed E-state index contributed by atoms with van der Waals surface area (Å²) in [7, 11) is 3.72. The predicted molar refractivity (Wildman–Crippen MR) is 49.3 cm³/mol. The van der Waals surface area contributed by atoms with Gasteiger partial charge in [0.1, 0.15) is 5.69 Å². The van der Waals surface area contributed by atoms with Crippen LogP contribution in [0.2, 0.25) is 0 Å². The monoisotopic (exact) mass is 193 g/mol. The molecule has 0 aliphatic heterocycles. The molecule has 0 aliphatic rings. The molecular weight excluding hydrogens is 182 g/mol. The van der Waals surface area contributed by atoms with E-state index >= 15 is 0 Å². The Bertz CT molecular complexity index is 419. The highest BCUT2D eigenvalue weighted by atomic mass is 16.5. The van der Waals surface area contributed by atoms with Crippen molar-refractivity contribution >= 4 is 0 Å². The third-order valence-electron chi connectivity index (χ3n) is 1.73. The fraction of sp³-hybridized carbons (Fsp3) is 0.375. The quantitative estimate of drug-likeness (QED) is 0.753. The molecule has 1 N–H and O–H groups in total. The molecule has 74 valence electrons. The van der Waals surface area contributed by atoms with Gasteiger partial charge in [0.2, 0.25) is 11.7 Å². The lowest BCUT2D eigenvalue weighted by atomic mass is 10.4. The standard InChI is InChI=1S/C8H11N5O/c1-9-3-7-11-8(12-14-7)6-4-13(2)5-10-6/h4-5,9H,3H2,1-2H3. The second-order valence-electron chi connectivity index (χ2n) is 2.97. The molecule has 0 atom stereocenters. The van der Waals surface area contributed by atoms with Crippen LogP contribution >= 0.6 is 0 Å². The molecule has 0 aliphatic carbocycles.